The van der Waals surface area contributed by atoms with Gasteiger partial charge in [-0.3, -0.25) is 0 Å². The van der Waals surface area contributed by atoms with Crippen LogP contribution in [0.3, 0.4) is 0 Å². The molecule has 6 heteroatoms. The van der Waals surface area contributed by atoms with Gasteiger partial charge in [0, 0.05) is 11.8 Å². The van der Waals surface area contributed by atoms with Crippen molar-refractivity contribution >= 4 is 0 Å². The summed E-state index contributed by atoms with van der Waals surface area (Å²) in [6.45, 7) is 10.5. The molecule has 2 saturated heterocycles. The van der Waals surface area contributed by atoms with E-state index in [1.165, 1.54) is 11.1 Å². The average Bonchev–Trinajstić information content (AvgIpc) is 3.46. The quantitative estimate of drug-likeness (QED) is 0.353. The van der Waals surface area contributed by atoms with Gasteiger partial charge in [0.05, 0.1) is 39.6 Å². The summed E-state index contributed by atoms with van der Waals surface area (Å²) in [5.41, 5.74) is 4.60. The number of fused-ring (bicyclic) bond motifs is 1. The number of hydrogen-bond acceptors (Lipinski definition) is 6. The molecule has 0 aliphatic carbocycles. The van der Waals surface area contributed by atoms with Crippen molar-refractivity contribution in [2.24, 2.45) is 11.8 Å². The molecule has 2 aliphatic rings. The van der Waals surface area contributed by atoms with E-state index in [0.29, 0.717) is 37.9 Å². The Morgan fingerprint density at radius 2 is 1.11 bits per heavy atom. The molecule has 0 unspecified atom stereocenters. The summed E-state index contributed by atoms with van der Waals surface area (Å²) in [5.74, 6) is 3.41. The minimum atomic E-state index is -0.0469. The van der Waals surface area contributed by atoms with Crippen molar-refractivity contribution in [3.05, 3.63) is 70.8 Å². The molecule has 36 heavy (non-hydrogen) atoms. The lowest BCUT2D eigenvalue weighted by Gasteiger charge is -2.19. The molecular formula is C30H38O6. The second-order valence-corrected chi connectivity index (χ2v) is 9.84. The molecule has 0 bridgehead atoms. The van der Waals surface area contributed by atoms with Crippen LogP contribution in [0.5, 0.6) is 23.0 Å². The molecule has 4 rings (SSSR count). The van der Waals surface area contributed by atoms with Crippen LogP contribution in [-0.2, 0) is 9.47 Å². The van der Waals surface area contributed by atoms with Crippen LogP contribution in [0.2, 0.25) is 0 Å². The Labute approximate surface area is 214 Å². The summed E-state index contributed by atoms with van der Waals surface area (Å²) < 4.78 is 35.7. The zero-order valence-corrected chi connectivity index (χ0v) is 22.2. The summed E-state index contributed by atoms with van der Waals surface area (Å²) in [4.78, 5) is 0. The summed E-state index contributed by atoms with van der Waals surface area (Å²) in [5, 5.41) is 0. The number of ether oxygens (including phenoxy) is 6. The summed E-state index contributed by atoms with van der Waals surface area (Å²) in [7, 11) is 3.33. The monoisotopic (exact) mass is 494 g/mol. The van der Waals surface area contributed by atoms with Gasteiger partial charge in [-0.25, -0.2) is 0 Å². The maximum absolute atomic E-state index is 6.32. The van der Waals surface area contributed by atoms with Gasteiger partial charge in [0.2, 0.25) is 0 Å². The lowest BCUT2D eigenvalue weighted by molar-refractivity contribution is 0.0191. The summed E-state index contributed by atoms with van der Waals surface area (Å²) in [6.07, 6.45) is 4.00. The van der Waals surface area contributed by atoms with E-state index in [1.807, 2.05) is 36.4 Å². The van der Waals surface area contributed by atoms with Gasteiger partial charge in [-0.15, -0.1) is 0 Å². The zero-order valence-electron chi connectivity index (χ0n) is 22.2. The minimum Gasteiger partial charge on any atom is -0.493 e. The first kappa shape index (κ1) is 26.1. The van der Waals surface area contributed by atoms with Crippen LogP contribution in [0, 0.1) is 11.8 Å². The van der Waals surface area contributed by atoms with E-state index >= 15 is 0 Å². The Kier molecular flexibility index (Phi) is 8.60. The van der Waals surface area contributed by atoms with Crippen molar-refractivity contribution < 1.29 is 28.4 Å². The lowest BCUT2D eigenvalue weighted by Crippen LogP contribution is -2.14. The third-order valence-corrected chi connectivity index (χ3v) is 6.76. The number of rotatable bonds is 10. The number of methoxy groups -OCH3 is 2. The van der Waals surface area contributed by atoms with Gasteiger partial charge in [-0.05, 0) is 75.2 Å². The third-order valence-electron chi connectivity index (χ3n) is 6.76. The Balaban J connectivity index is 1.47. The van der Waals surface area contributed by atoms with Crippen LogP contribution < -0.4 is 18.9 Å². The molecule has 2 aromatic rings. The van der Waals surface area contributed by atoms with E-state index in [0.717, 1.165) is 22.6 Å². The summed E-state index contributed by atoms with van der Waals surface area (Å²) >= 11 is 0. The molecule has 0 spiro atoms. The molecule has 0 amide bonds. The lowest BCUT2D eigenvalue weighted by atomic mass is 9.85. The third kappa shape index (κ3) is 5.88. The largest absolute Gasteiger partial charge is 0.493 e. The topological polar surface area (TPSA) is 55.4 Å². The maximum Gasteiger partial charge on any atom is 0.161 e. The first-order valence-corrected chi connectivity index (χ1v) is 12.5. The van der Waals surface area contributed by atoms with Gasteiger partial charge in [-0.2, -0.15) is 0 Å². The standard InChI is InChI=1S/C30H38O6/c1-19(2)11-13-33-25-9-7-21(15-27(25)31-5)29-23-17-36-30(24(23)18-35-29)22-8-10-26(28(16-22)32-6)34-14-12-20(3)4/h7-12,15-16,23-24,29-30H,13-14,17-18H2,1-6H3/t23-,24-,29-,30-/m1/s1. The molecule has 2 aliphatic heterocycles. The van der Waals surface area contributed by atoms with Gasteiger partial charge in [-0.1, -0.05) is 23.3 Å². The molecule has 0 saturated carbocycles. The molecule has 0 radical (unpaired) electrons. The van der Waals surface area contributed by atoms with Gasteiger partial charge in [0.25, 0.3) is 0 Å². The van der Waals surface area contributed by atoms with Crippen LogP contribution in [-0.4, -0.2) is 40.6 Å². The van der Waals surface area contributed by atoms with Crippen LogP contribution in [0.4, 0.5) is 0 Å². The van der Waals surface area contributed by atoms with Crippen molar-refractivity contribution in [3.63, 3.8) is 0 Å². The second kappa shape index (κ2) is 11.8. The molecule has 2 heterocycles. The van der Waals surface area contributed by atoms with Gasteiger partial charge >= 0.3 is 0 Å². The van der Waals surface area contributed by atoms with Crippen LogP contribution in [0.1, 0.15) is 51.0 Å². The van der Waals surface area contributed by atoms with Crippen molar-refractivity contribution in [2.45, 2.75) is 39.9 Å². The number of benzene rings is 2. The Morgan fingerprint density at radius 3 is 1.47 bits per heavy atom. The fraction of sp³-hybridized carbons (Fsp3) is 0.467. The molecule has 0 N–H and O–H groups in total. The fourth-order valence-electron chi connectivity index (χ4n) is 4.79. The second-order valence-electron chi connectivity index (χ2n) is 9.84. The van der Waals surface area contributed by atoms with Crippen molar-refractivity contribution in [1.29, 1.82) is 0 Å². The first-order valence-electron chi connectivity index (χ1n) is 12.5. The maximum atomic E-state index is 6.32. The van der Waals surface area contributed by atoms with E-state index in [-0.39, 0.29) is 24.0 Å². The SMILES string of the molecule is COc1cc([C@H]2OC[C@@H]3[C@H]2CO[C@@H]3c2ccc(OCC=C(C)C)c(OC)c2)ccc1OCC=C(C)C. The average molecular weight is 495 g/mol. The molecule has 0 aromatic heterocycles. The molecule has 2 fully saturated rings. The van der Waals surface area contributed by atoms with E-state index < -0.39 is 0 Å². The highest BCUT2D eigenvalue weighted by Crippen LogP contribution is 2.51. The van der Waals surface area contributed by atoms with Crippen molar-refractivity contribution in [3.8, 4) is 23.0 Å². The minimum absolute atomic E-state index is 0.0469. The smallest absolute Gasteiger partial charge is 0.161 e. The summed E-state index contributed by atoms with van der Waals surface area (Å²) in [6, 6.07) is 12.1. The predicted octanol–water partition coefficient (Wildman–Crippen LogP) is 6.47. The highest BCUT2D eigenvalue weighted by atomic mass is 16.5. The normalized spacial score (nSPS) is 22.5. The van der Waals surface area contributed by atoms with Crippen LogP contribution in [0.15, 0.2) is 59.7 Å². The molecule has 6 nitrogen and oxygen atoms in total. The number of hydrogen-bond donors (Lipinski definition) is 0. The number of allylic oxidation sites excluding steroid dienone is 2. The van der Waals surface area contributed by atoms with Gasteiger partial charge in [0.1, 0.15) is 13.2 Å². The zero-order chi connectivity index (χ0) is 25.7. The van der Waals surface area contributed by atoms with Gasteiger partial charge in [0.15, 0.2) is 23.0 Å². The Bertz CT molecular complexity index is 1010. The van der Waals surface area contributed by atoms with Crippen molar-refractivity contribution in [2.75, 3.05) is 40.6 Å². The van der Waals surface area contributed by atoms with Crippen LogP contribution >= 0.6 is 0 Å². The van der Waals surface area contributed by atoms with E-state index in [4.69, 9.17) is 28.4 Å². The van der Waals surface area contributed by atoms with E-state index in [1.54, 1.807) is 14.2 Å². The Morgan fingerprint density at radius 1 is 0.694 bits per heavy atom. The molecule has 4 atom stereocenters. The van der Waals surface area contributed by atoms with Crippen LogP contribution in [0.25, 0.3) is 0 Å². The molecular weight excluding hydrogens is 456 g/mol. The Hall–Kier alpha value is -2.96. The van der Waals surface area contributed by atoms with E-state index in [2.05, 4.69) is 39.8 Å². The molecule has 194 valence electrons. The highest BCUT2D eigenvalue weighted by Gasteiger charge is 2.48. The highest BCUT2D eigenvalue weighted by molar-refractivity contribution is 5.45. The van der Waals surface area contributed by atoms with E-state index in [9.17, 15) is 0 Å². The molecule has 2 aromatic carbocycles. The predicted molar refractivity (Wildman–Crippen MR) is 140 cm³/mol. The first-order chi connectivity index (χ1) is 17.4. The fourth-order valence-corrected chi connectivity index (χ4v) is 4.79. The van der Waals surface area contributed by atoms with Gasteiger partial charge < -0.3 is 28.4 Å². The van der Waals surface area contributed by atoms with Crippen molar-refractivity contribution in [1.82, 2.24) is 0 Å².